The molecule has 164 valence electrons. The van der Waals surface area contributed by atoms with Crippen LogP contribution in [-0.2, 0) is 6.61 Å². The Bertz CT molecular complexity index is 1120. The van der Waals surface area contributed by atoms with Gasteiger partial charge in [-0.2, -0.15) is 0 Å². The third-order valence-electron chi connectivity index (χ3n) is 6.24. The first kappa shape index (κ1) is 20.7. The monoisotopic (exact) mass is 426 g/mol. The number of rotatable bonds is 7. The van der Waals surface area contributed by atoms with Crippen LogP contribution in [0.1, 0.15) is 35.8 Å². The normalized spacial score (nSPS) is 16.3. The molecule has 1 aromatic heterocycles. The van der Waals surface area contributed by atoms with E-state index in [1.54, 1.807) is 0 Å². The number of ether oxygens (including phenoxy) is 1. The molecule has 0 amide bonds. The molecular weight excluding hydrogens is 396 g/mol. The lowest BCUT2D eigenvalue weighted by Gasteiger charge is -2.32. The van der Waals surface area contributed by atoms with Gasteiger partial charge in [-0.05, 0) is 68.4 Å². The highest BCUT2D eigenvalue weighted by Gasteiger charge is 2.24. The molecule has 0 bridgehead atoms. The zero-order valence-corrected chi connectivity index (χ0v) is 18.5. The number of likely N-dealkylation sites (tertiary alicyclic amines) is 1. The highest BCUT2D eigenvalue weighted by atomic mass is 16.5. The molecular formula is C27H30N4O. The van der Waals surface area contributed by atoms with Gasteiger partial charge in [-0.3, -0.25) is 0 Å². The fourth-order valence-corrected chi connectivity index (χ4v) is 4.38. The van der Waals surface area contributed by atoms with Crippen molar-refractivity contribution in [2.75, 3.05) is 20.1 Å². The van der Waals surface area contributed by atoms with Gasteiger partial charge in [0, 0.05) is 6.04 Å². The predicted octanol–water partition coefficient (Wildman–Crippen LogP) is 4.92. The van der Waals surface area contributed by atoms with E-state index in [9.17, 15) is 0 Å². The fraction of sp³-hybridized carbons (Fsp3) is 0.296. The summed E-state index contributed by atoms with van der Waals surface area (Å²) in [6, 6.07) is 27.3. The van der Waals surface area contributed by atoms with E-state index < -0.39 is 0 Å². The van der Waals surface area contributed by atoms with Gasteiger partial charge < -0.3 is 19.9 Å². The number of H-pyrrole nitrogens is 1. The molecule has 1 aliphatic rings. The Balaban J connectivity index is 1.41. The van der Waals surface area contributed by atoms with Gasteiger partial charge in [-0.25, -0.2) is 4.98 Å². The van der Waals surface area contributed by atoms with E-state index in [1.165, 1.54) is 0 Å². The highest BCUT2D eigenvalue weighted by Crippen LogP contribution is 2.27. The van der Waals surface area contributed by atoms with Gasteiger partial charge in [0.15, 0.2) is 0 Å². The summed E-state index contributed by atoms with van der Waals surface area (Å²) in [4.78, 5) is 10.9. The molecule has 1 unspecified atom stereocenters. The van der Waals surface area contributed by atoms with Gasteiger partial charge in [0.05, 0.1) is 17.1 Å². The second kappa shape index (κ2) is 9.55. The molecule has 5 heteroatoms. The molecule has 0 aliphatic carbocycles. The largest absolute Gasteiger partial charge is 0.489 e. The van der Waals surface area contributed by atoms with E-state index in [0.717, 1.165) is 59.7 Å². The van der Waals surface area contributed by atoms with Crippen LogP contribution in [0.5, 0.6) is 5.75 Å². The number of hydrogen-bond donors (Lipinski definition) is 2. The van der Waals surface area contributed by atoms with Crippen LogP contribution in [0.25, 0.3) is 11.0 Å². The van der Waals surface area contributed by atoms with Crippen molar-refractivity contribution in [3.63, 3.8) is 0 Å². The van der Waals surface area contributed by atoms with E-state index in [-0.39, 0.29) is 6.04 Å². The molecule has 0 saturated carbocycles. The lowest BCUT2D eigenvalue weighted by Crippen LogP contribution is -2.42. The van der Waals surface area contributed by atoms with Crippen molar-refractivity contribution in [1.82, 2.24) is 20.2 Å². The lowest BCUT2D eigenvalue weighted by atomic mass is 10.0. The molecule has 4 aromatic rings. The average Bonchev–Trinajstić information content (AvgIpc) is 3.27. The number of piperidine rings is 1. The smallest absolute Gasteiger partial charge is 0.129 e. The maximum absolute atomic E-state index is 6.12. The van der Waals surface area contributed by atoms with Crippen LogP contribution in [0.4, 0.5) is 0 Å². The van der Waals surface area contributed by atoms with Crippen molar-refractivity contribution in [2.24, 2.45) is 0 Å². The first-order chi connectivity index (χ1) is 15.7. The van der Waals surface area contributed by atoms with Gasteiger partial charge in [0.1, 0.15) is 18.2 Å². The molecule has 5 rings (SSSR count). The number of imidazole rings is 1. The SMILES string of the molecule is CN1CCC(NC(c2cccc(OCc3ccccc3)c2)c2nc3ccccc3[nH]2)CC1. The molecule has 5 nitrogen and oxygen atoms in total. The number of nitrogens with zero attached hydrogens (tertiary/aromatic N) is 2. The molecule has 1 fully saturated rings. The van der Waals surface area contributed by atoms with Gasteiger partial charge in [0.25, 0.3) is 0 Å². The highest BCUT2D eigenvalue weighted by molar-refractivity contribution is 5.75. The Hall–Kier alpha value is -3.15. The van der Waals surface area contributed by atoms with Crippen molar-refractivity contribution in [3.8, 4) is 5.75 Å². The third kappa shape index (κ3) is 4.85. The predicted molar refractivity (Wildman–Crippen MR) is 129 cm³/mol. The maximum Gasteiger partial charge on any atom is 0.129 e. The van der Waals surface area contributed by atoms with Crippen LogP contribution in [0, 0.1) is 0 Å². The van der Waals surface area contributed by atoms with Crippen LogP contribution < -0.4 is 10.1 Å². The Kier molecular flexibility index (Phi) is 6.19. The quantitative estimate of drug-likeness (QED) is 0.441. The lowest BCUT2D eigenvalue weighted by molar-refractivity contribution is 0.228. The Morgan fingerprint density at radius 1 is 1.00 bits per heavy atom. The molecule has 1 atom stereocenters. The number of aromatic amines is 1. The molecule has 1 saturated heterocycles. The first-order valence-corrected chi connectivity index (χ1v) is 11.4. The minimum atomic E-state index is -0.0175. The van der Waals surface area contributed by atoms with Gasteiger partial charge in [-0.1, -0.05) is 54.6 Å². The van der Waals surface area contributed by atoms with Crippen LogP contribution in [0.2, 0.25) is 0 Å². The summed E-state index contributed by atoms with van der Waals surface area (Å²) in [6.45, 7) is 2.79. The topological polar surface area (TPSA) is 53.2 Å². The summed E-state index contributed by atoms with van der Waals surface area (Å²) < 4.78 is 6.12. The Morgan fingerprint density at radius 3 is 2.59 bits per heavy atom. The van der Waals surface area contributed by atoms with Crippen LogP contribution in [0.3, 0.4) is 0 Å². The van der Waals surface area contributed by atoms with Crippen molar-refractivity contribution >= 4 is 11.0 Å². The summed E-state index contributed by atoms with van der Waals surface area (Å²) in [7, 11) is 2.19. The fourth-order valence-electron chi connectivity index (χ4n) is 4.38. The Morgan fingerprint density at radius 2 is 1.78 bits per heavy atom. The van der Waals surface area contributed by atoms with Gasteiger partial charge in [-0.15, -0.1) is 0 Å². The standard InChI is InChI=1S/C27H30N4O/c1-31-16-14-22(15-17-31)28-26(27-29-24-12-5-6-13-25(24)30-27)21-10-7-11-23(18-21)32-19-20-8-3-2-4-9-20/h2-13,18,22,26,28H,14-17,19H2,1H3,(H,29,30). The summed E-state index contributed by atoms with van der Waals surface area (Å²) in [5.41, 5.74) is 4.38. The summed E-state index contributed by atoms with van der Waals surface area (Å²) in [6.07, 6.45) is 2.27. The average molecular weight is 427 g/mol. The summed E-state index contributed by atoms with van der Waals surface area (Å²) >= 11 is 0. The molecule has 2 heterocycles. The maximum atomic E-state index is 6.12. The number of nitrogens with one attached hydrogen (secondary N) is 2. The van der Waals surface area contributed by atoms with E-state index >= 15 is 0 Å². The van der Waals surface area contributed by atoms with E-state index in [1.807, 2.05) is 36.4 Å². The third-order valence-corrected chi connectivity index (χ3v) is 6.24. The molecule has 2 N–H and O–H groups in total. The zero-order chi connectivity index (χ0) is 21.8. The molecule has 0 radical (unpaired) electrons. The van der Waals surface area contributed by atoms with Crippen LogP contribution in [-0.4, -0.2) is 41.0 Å². The number of para-hydroxylation sites is 2. The zero-order valence-electron chi connectivity index (χ0n) is 18.5. The van der Waals surface area contributed by atoms with E-state index in [0.29, 0.717) is 12.6 Å². The minimum absolute atomic E-state index is 0.0175. The Labute approximate surface area is 189 Å². The van der Waals surface area contributed by atoms with Gasteiger partial charge >= 0.3 is 0 Å². The van der Waals surface area contributed by atoms with Crippen LogP contribution >= 0.6 is 0 Å². The molecule has 32 heavy (non-hydrogen) atoms. The van der Waals surface area contributed by atoms with Crippen molar-refractivity contribution in [2.45, 2.75) is 31.5 Å². The molecule has 0 spiro atoms. The summed E-state index contributed by atoms with van der Waals surface area (Å²) in [5.74, 6) is 1.82. The number of aromatic nitrogens is 2. The second-order valence-electron chi connectivity index (χ2n) is 8.66. The van der Waals surface area contributed by atoms with Crippen LogP contribution in [0.15, 0.2) is 78.9 Å². The number of benzene rings is 3. The number of fused-ring (bicyclic) bond motifs is 1. The second-order valence-corrected chi connectivity index (χ2v) is 8.66. The first-order valence-electron chi connectivity index (χ1n) is 11.4. The summed E-state index contributed by atoms with van der Waals surface area (Å²) in [5, 5.41) is 3.90. The van der Waals surface area contributed by atoms with Crippen molar-refractivity contribution in [3.05, 3.63) is 95.8 Å². The van der Waals surface area contributed by atoms with E-state index in [2.05, 4.69) is 64.7 Å². The van der Waals surface area contributed by atoms with Gasteiger partial charge in [0.2, 0.25) is 0 Å². The van der Waals surface area contributed by atoms with Crippen molar-refractivity contribution in [1.29, 1.82) is 0 Å². The molecule has 3 aromatic carbocycles. The number of hydrogen-bond acceptors (Lipinski definition) is 4. The van der Waals surface area contributed by atoms with E-state index in [4.69, 9.17) is 9.72 Å². The van der Waals surface area contributed by atoms with Crippen molar-refractivity contribution < 1.29 is 4.74 Å². The molecule has 1 aliphatic heterocycles. The minimum Gasteiger partial charge on any atom is -0.489 e.